The van der Waals surface area contributed by atoms with Crippen LogP contribution in [0.4, 0.5) is 0 Å². The van der Waals surface area contributed by atoms with Crippen LogP contribution >= 0.6 is 0 Å². The molecular weight excluding hydrogens is 238 g/mol. The number of aliphatic hydroxyl groups is 1. The average molecular weight is 269 g/mol. The Bertz CT molecular complexity index is 329. The molecule has 0 amide bonds. The Balaban J connectivity index is 2.08. The van der Waals surface area contributed by atoms with Gasteiger partial charge < -0.3 is 15.6 Å². The zero-order valence-corrected chi connectivity index (χ0v) is 13.1. The summed E-state index contributed by atoms with van der Waals surface area (Å²) < 4.78 is 6.28. The Labute approximate surface area is 117 Å². The maximum absolute atomic E-state index is 9.58. The van der Waals surface area contributed by atoms with Crippen molar-refractivity contribution < 1.29 is 9.84 Å². The Morgan fingerprint density at radius 1 is 1.32 bits per heavy atom. The van der Waals surface area contributed by atoms with Gasteiger partial charge in [0.05, 0.1) is 18.8 Å². The first-order valence-electron chi connectivity index (χ1n) is 7.76. The molecule has 0 radical (unpaired) electrons. The lowest BCUT2D eigenvalue weighted by Crippen LogP contribution is -2.48. The highest BCUT2D eigenvalue weighted by Crippen LogP contribution is 2.66. The van der Waals surface area contributed by atoms with E-state index < -0.39 is 0 Å². The molecule has 2 aliphatic rings. The van der Waals surface area contributed by atoms with Crippen LogP contribution in [0, 0.1) is 22.7 Å². The molecule has 0 saturated heterocycles. The Morgan fingerprint density at radius 2 is 1.95 bits per heavy atom. The zero-order valence-electron chi connectivity index (χ0n) is 13.1. The van der Waals surface area contributed by atoms with E-state index in [1.54, 1.807) is 0 Å². The van der Waals surface area contributed by atoms with Gasteiger partial charge in [0.15, 0.2) is 0 Å². The van der Waals surface area contributed by atoms with Crippen molar-refractivity contribution in [3.8, 4) is 0 Å². The van der Waals surface area contributed by atoms with Crippen LogP contribution in [0.3, 0.4) is 0 Å². The van der Waals surface area contributed by atoms with Gasteiger partial charge in [-0.25, -0.2) is 0 Å². The summed E-state index contributed by atoms with van der Waals surface area (Å²) in [6.45, 7) is 11.3. The largest absolute Gasteiger partial charge is 0.394 e. The third kappa shape index (κ3) is 2.24. The van der Waals surface area contributed by atoms with Gasteiger partial charge in [0.25, 0.3) is 0 Å². The van der Waals surface area contributed by atoms with E-state index in [1.165, 1.54) is 12.8 Å². The summed E-state index contributed by atoms with van der Waals surface area (Å²) in [4.78, 5) is 0. The number of ether oxygens (including phenoxy) is 1. The van der Waals surface area contributed by atoms with Crippen molar-refractivity contribution in [1.82, 2.24) is 0 Å². The van der Waals surface area contributed by atoms with E-state index in [4.69, 9.17) is 10.5 Å². The van der Waals surface area contributed by atoms with Gasteiger partial charge in [0, 0.05) is 6.04 Å². The molecule has 19 heavy (non-hydrogen) atoms. The summed E-state index contributed by atoms with van der Waals surface area (Å²) in [5, 5.41) is 9.58. The third-order valence-corrected chi connectivity index (χ3v) is 6.43. The number of nitrogens with two attached hydrogens (primary N) is 1. The van der Waals surface area contributed by atoms with E-state index in [0.29, 0.717) is 11.3 Å². The Kier molecular flexibility index (Phi) is 4.03. The third-order valence-electron chi connectivity index (χ3n) is 6.43. The molecule has 0 heterocycles. The van der Waals surface area contributed by atoms with Crippen molar-refractivity contribution >= 4 is 0 Å². The maximum Gasteiger partial charge on any atom is 0.0962 e. The average Bonchev–Trinajstić information content (AvgIpc) is 2.67. The van der Waals surface area contributed by atoms with Crippen molar-refractivity contribution in [2.24, 2.45) is 28.4 Å². The molecule has 2 bridgehead atoms. The minimum Gasteiger partial charge on any atom is -0.394 e. The van der Waals surface area contributed by atoms with E-state index >= 15 is 0 Å². The maximum atomic E-state index is 9.58. The van der Waals surface area contributed by atoms with Gasteiger partial charge in [-0.1, -0.05) is 34.6 Å². The number of hydrogen-bond acceptors (Lipinski definition) is 3. The fourth-order valence-corrected chi connectivity index (χ4v) is 4.23. The van der Waals surface area contributed by atoms with Crippen LogP contribution in [0.5, 0.6) is 0 Å². The van der Waals surface area contributed by atoms with Crippen molar-refractivity contribution in [3.05, 3.63) is 0 Å². The van der Waals surface area contributed by atoms with Crippen LogP contribution in [0.1, 0.15) is 53.9 Å². The van der Waals surface area contributed by atoms with Crippen LogP contribution < -0.4 is 5.73 Å². The predicted octanol–water partition coefficient (Wildman–Crippen LogP) is 2.56. The van der Waals surface area contributed by atoms with Gasteiger partial charge >= 0.3 is 0 Å². The SMILES string of the molecule is CC(C)C(N)C(CO)OC1CC2CCC1(C)C2(C)C. The molecule has 2 fully saturated rings. The normalized spacial score (nSPS) is 39.8. The monoisotopic (exact) mass is 269 g/mol. The molecule has 2 rings (SSSR count). The van der Waals surface area contributed by atoms with Crippen LogP contribution in [0.15, 0.2) is 0 Å². The molecule has 5 atom stereocenters. The highest BCUT2D eigenvalue weighted by Gasteiger charge is 2.62. The molecule has 3 nitrogen and oxygen atoms in total. The molecule has 3 N–H and O–H groups in total. The molecular formula is C16H31NO2. The molecule has 0 aromatic carbocycles. The quantitative estimate of drug-likeness (QED) is 0.806. The second kappa shape index (κ2) is 5.01. The molecule has 0 aliphatic heterocycles. The fourth-order valence-electron chi connectivity index (χ4n) is 4.23. The Morgan fingerprint density at radius 3 is 2.32 bits per heavy atom. The summed E-state index contributed by atoms with van der Waals surface area (Å²) in [5.41, 5.74) is 6.76. The van der Waals surface area contributed by atoms with Crippen LogP contribution in [-0.4, -0.2) is 30.0 Å². The number of fused-ring (bicyclic) bond motifs is 2. The van der Waals surface area contributed by atoms with Gasteiger partial charge in [0.1, 0.15) is 0 Å². The van der Waals surface area contributed by atoms with E-state index in [-0.39, 0.29) is 30.3 Å². The van der Waals surface area contributed by atoms with Gasteiger partial charge in [0.2, 0.25) is 0 Å². The van der Waals surface area contributed by atoms with Crippen molar-refractivity contribution in [1.29, 1.82) is 0 Å². The second-order valence-corrected chi connectivity index (χ2v) is 7.78. The van der Waals surface area contributed by atoms with Crippen molar-refractivity contribution in [2.45, 2.75) is 72.1 Å². The number of rotatable bonds is 5. The summed E-state index contributed by atoms with van der Waals surface area (Å²) in [6, 6.07) is -0.0872. The van der Waals surface area contributed by atoms with Gasteiger partial charge in [-0.05, 0) is 41.9 Å². The lowest BCUT2D eigenvalue weighted by Gasteiger charge is -2.41. The molecule has 5 unspecified atom stereocenters. The van der Waals surface area contributed by atoms with E-state index in [0.717, 1.165) is 12.3 Å². The van der Waals surface area contributed by atoms with Crippen LogP contribution in [0.25, 0.3) is 0 Å². The van der Waals surface area contributed by atoms with Gasteiger partial charge in [-0.15, -0.1) is 0 Å². The number of hydrogen-bond donors (Lipinski definition) is 2. The first-order valence-corrected chi connectivity index (χ1v) is 7.76. The minimum absolute atomic E-state index is 0.0248. The summed E-state index contributed by atoms with van der Waals surface area (Å²) in [6.07, 6.45) is 3.72. The van der Waals surface area contributed by atoms with E-state index in [2.05, 4.69) is 34.6 Å². The van der Waals surface area contributed by atoms with Gasteiger partial charge in [-0.3, -0.25) is 0 Å². The second-order valence-electron chi connectivity index (χ2n) is 7.78. The summed E-state index contributed by atoms with van der Waals surface area (Å²) in [5.74, 6) is 1.09. The lowest BCUT2D eigenvalue weighted by atomic mass is 9.70. The number of aliphatic hydroxyl groups excluding tert-OH is 1. The van der Waals surface area contributed by atoms with Crippen molar-refractivity contribution in [3.63, 3.8) is 0 Å². The lowest BCUT2D eigenvalue weighted by molar-refractivity contribution is -0.112. The minimum atomic E-state index is -0.225. The van der Waals surface area contributed by atoms with E-state index in [1.807, 2.05) is 0 Å². The predicted molar refractivity (Wildman–Crippen MR) is 77.8 cm³/mol. The first kappa shape index (κ1) is 15.3. The molecule has 0 aromatic rings. The Hall–Kier alpha value is -0.120. The molecule has 2 aliphatic carbocycles. The standard InChI is InChI=1S/C16H31NO2/c1-10(2)14(17)12(9-18)19-13-8-11-6-7-16(13,5)15(11,3)4/h10-14,18H,6-9,17H2,1-5H3. The zero-order chi connectivity index (χ0) is 14.4. The van der Waals surface area contributed by atoms with Crippen molar-refractivity contribution in [2.75, 3.05) is 6.61 Å². The highest BCUT2D eigenvalue weighted by atomic mass is 16.5. The summed E-state index contributed by atoms with van der Waals surface area (Å²) >= 11 is 0. The van der Waals surface area contributed by atoms with Crippen LogP contribution in [-0.2, 0) is 4.74 Å². The smallest absolute Gasteiger partial charge is 0.0962 e. The summed E-state index contributed by atoms with van der Waals surface area (Å²) in [7, 11) is 0. The molecule has 2 saturated carbocycles. The first-order chi connectivity index (χ1) is 8.74. The van der Waals surface area contributed by atoms with Gasteiger partial charge in [-0.2, -0.15) is 0 Å². The molecule has 3 heteroatoms. The highest BCUT2D eigenvalue weighted by molar-refractivity contribution is 5.11. The molecule has 0 spiro atoms. The molecule has 112 valence electrons. The topological polar surface area (TPSA) is 55.5 Å². The van der Waals surface area contributed by atoms with Crippen LogP contribution in [0.2, 0.25) is 0 Å². The van der Waals surface area contributed by atoms with E-state index in [9.17, 15) is 5.11 Å². The fraction of sp³-hybridized carbons (Fsp3) is 1.00. The molecule has 0 aromatic heterocycles.